The first-order chi connectivity index (χ1) is 15.7. The molecule has 5 rings (SSSR count). The molecule has 1 aromatic heterocycles. The molecule has 1 aliphatic heterocycles. The fourth-order valence-corrected chi connectivity index (χ4v) is 4.47. The molecule has 5 nitrogen and oxygen atoms in total. The minimum absolute atomic E-state index is 0.176. The van der Waals surface area contributed by atoms with Gasteiger partial charge in [0.25, 0.3) is 0 Å². The van der Waals surface area contributed by atoms with Gasteiger partial charge in [0.15, 0.2) is 0 Å². The van der Waals surface area contributed by atoms with Crippen LogP contribution in [-0.2, 0) is 6.54 Å². The number of hydrogen-bond donors (Lipinski definition) is 1. The predicted molar refractivity (Wildman–Crippen MR) is 126 cm³/mol. The minimum Gasteiger partial charge on any atom is -0.495 e. The van der Waals surface area contributed by atoms with E-state index in [1.807, 2.05) is 53.4 Å². The lowest BCUT2D eigenvalue weighted by Gasteiger charge is -2.31. The van der Waals surface area contributed by atoms with Crippen molar-refractivity contribution in [2.45, 2.75) is 19.5 Å². The molecule has 1 N–H and O–H groups in total. The highest BCUT2D eigenvalue weighted by Gasteiger charge is 2.33. The molecule has 32 heavy (non-hydrogen) atoms. The van der Waals surface area contributed by atoms with Crippen LogP contribution in [-0.4, -0.2) is 22.6 Å². The molecule has 0 radical (unpaired) electrons. The number of hydrogen-bond acceptors (Lipinski definition) is 2. The van der Waals surface area contributed by atoms with Crippen molar-refractivity contribution in [3.63, 3.8) is 0 Å². The summed E-state index contributed by atoms with van der Waals surface area (Å²) in [5.74, 6) is 0.631. The van der Waals surface area contributed by atoms with Crippen LogP contribution in [0.3, 0.4) is 0 Å². The smallest absolute Gasteiger partial charge is 0.323 e. The fourth-order valence-electron chi connectivity index (χ4n) is 4.47. The SMILES string of the molecule is COc1ccccc1NC(=O)N1Cc2ccccc2-n2cccc2[C@@H]1c1cccc(C)c1. The Morgan fingerprint density at radius 2 is 1.78 bits per heavy atom. The molecule has 3 aromatic carbocycles. The molecule has 5 heteroatoms. The van der Waals surface area contributed by atoms with E-state index in [-0.39, 0.29) is 12.1 Å². The van der Waals surface area contributed by atoms with E-state index in [1.54, 1.807) is 7.11 Å². The maximum absolute atomic E-state index is 13.7. The van der Waals surface area contributed by atoms with Crippen molar-refractivity contribution in [3.8, 4) is 11.4 Å². The average molecular weight is 424 g/mol. The fraction of sp³-hybridized carbons (Fsp3) is 0.148. The highest BCUT2D eigenvalue weighted by Crippen LogP contribution is 2.37. The lowest BCUT2D eigenvalue weighted by molar-refractivity contribution is 0.194. The van der Waals surface area contributed by atoms with Crippen molar-refractivity contribution in [2.75, 3.05) is 12.4 Å². The van der Waals surface area contributed by atoms with Crippen molar-refractivity contribution in [1.29, 1.82) is 0 Å². The van der Waals surface area contributed by atoms with Crippen LogP contribution in [0, 0.1) is 6.92 Å². The Balaban J connectivity index is 1.64. The van der Waals surface area contributed by atoms with Crippen LogP contribution >= 0.6 is 0 Å². The molecule has 1 aliphatic rings. The number of anilines is 1. The maximum atomic E-state index is 13.7. The molecular formula is C27H25N3O2. The second-order valence-electron chi connectivity index (χ2n) is 8.01. The number of ether oxygens (including phenoxy) is 1. The molecule has 2 heterocycles. The summed E-state index contributed by atoms with van der Waals surface area (Å²) in [6.07, 6.45) is 2.07. The van der Waals surface area contributed by atoms with E-state index < -0.39 is 0 Å². The number of carbonyl (C=O) groups is 1. The van der Waals surface area contributed by atoms with Gasteiger partial charge in [0.2, 0.25) is 0 Å². The van der Waals surface area contributed by atoms with Crippen LogP contribution in [0.4, 0.5) is 10.5 Å². The van der Waals surface area contributed by atoms with E-state index in [1.165, 1.54) is 0 Å². The van der Waals surface area contributed by atoms with Gasteiger partial charge >= 0.3 is 6.03 Å². The maximum Gasteiger partial charge on any atom is 0.323 e. The number of benzene rings is 3. The van der Waals surface area contributed by atoms with Gasteiger partial charge in [-0.2, -0.15) is 0 Å². The van der Waals surface area contributed by atoms with Crippen LogP contribution in [0.1, 0.15) is 28.4 Å². The highest BCUT2D eigenvalue weighted by atomic mass is 16.5. The van der Waals surface area contributed by atoms with Gasteiger partial charge in [0.05, 0.1) is 31.1 Å². The summed E-state index contributed by atoms with van der Waals surface area (Å²) < 4.78 is 7.64. The summed E-state index contributed by atoms with van der Waals surface area (Å²) in [5.41, 5.74) is 6.13. The first kappa shape index (κ1) is 19.9. The molecule has 0 saturated heterocycles. The van der Waals surface area contributed by atoms with Crippen LogP contribution in [0.15, 0.2) is 91.1 Å². The Hall–Kier alpha value is -3.99. The van der Waals surface area contributed by atoms with Crippen molar-refractivity contribution < 1.29 is 9.53 Å². The Labute approximate surface area is 187 Å². The van der Waals surface area contributed by atoms with E-state index in [4.69, 9.17) is 4.74 Å². The topological polar surface area (TPSA) is 46.5 Å². The molecule has 0 unspecified atom stereocenters. The minimum atomic E-state index is -0.244. The number of nitrogens with zero attached hydrogens (tertiary/aromatic N) is 2. The zero-order valence-corrected chi connectivity index (χ0v) is 18.2. The first-order valence-electron chi connectivity index (χ1n) is 10.7. The molecule has 2 amide bonds. The molecule has 1 atom stereocenters. The number of aryl methyl sites for hydroxylation is 1. The van der Waals surface area contributed by atoms with Crippen LogP contribution in [0.25, 0.3) is 5.69 Å². The molecule has 0 aliphatic carbocycles. The Bertz CT molecular complexity index is 1280. The van der Waals surface area contributed by atoms with Gasteiger partial charge in [0.1, 0.15) is 5.75 Å². The van der Waals surface area contributed by atoms with Gasteiger partial charge in [-0.25, -0.2) is 4.79 Å². The molecule has 0 bridgehead atoms. The number of urea groups is 1. The van der Waals surface area contributed by atoms with Gasteiger partial charge in [-0.1, -0.05) is 60.2 Å². The van der Waals surface area contributed by atoms with Crippen molar-refractivity contribution in [1.82, 2.24) is 9.47 Å². The Morgan fingerprint density at radius 1 is 0.969 bits per heavy atom. The van der Waals surface area contributed by atoms with E-state index in [0.29, 0.717) is 18.0 Å². The Kier molecular flexibility index (Phi) is 5.15. The van der Waals surface area contributed by atoms with E-state index in [9.17, 15) is 4.79 Å². The van der Waals surface area contributed by atoms with E-state index in [2.05, 4.69) is 59.4 Å². The summed E-state index contributed by atoms with van der Waals surface area (Å²) in [6, 6.07) is 27.8. The van der Waals surface area contributed by atoms with Gasteiger partial charge in [0, 0.05) is 11.9 Å². The highest BCUT2D eigenvalue weighted by molar-refractivity contribution is 5.91. The lowest BCUT2D eigenvalue weighted by atomic mass is 10.00. The second-order valence-corrected chi connectivity index (χ2v) is 8.01. The average Bonchev–Trinajstić information content (AvgIpc) is 3.23. The van der Waals surface area contributed by atoms with Gasteiger partial charge in [-0.05, 0) is 48.4 Å². The molecule has 4 aromatic rings. The van der Waals surface area contributed by atoms with Crippen LogP contribution < -0.4 is 10.1 Å². The Morgan fingerprint density at radius 3 is 2.62 bits per heavy atom. The van der Waals surface area contributed by atoms with Gasteiger partial charge < -0.3 is 19.5 Å². The molecule has 0 fully saturated rings. The number of fused-ring (bicyclic) bond motifs is 3. The number of para-hydroxylation sites is 3. The van der Waals surface area contributed by atoms with Crippen molar-refractivity contribution >= 4 is 11.7 Å². The van der Waals surface area contributed by atoms with Crippen LogP contribution in [0.2, 0.25) is 0 Å². The lowest BCUT2D eigenvalue weighted by Crippen LogP contribution is -2.38. The summed E-state index contributed by atoms with van der Waals surface area (Å²) in [5, 5.41) is 3.08. The third-order valence-corrected chi connectivity index (χ3v) is 5.93. The number of methoxy groups -OCH3 is 1. The zero-order chi connectivity index (χ0) is 22.1. The summed E-state index contributed by atoms with van der Waals surface area (Å²) in [4.78, 5) is 15.7. The summed E-state index contributed by atoms with van der Waals surface area (Å²) in [6.45, 7) is 2.56. The molecular weight excluding hydrogens is 398 g/mol. The summed E-state index contributed by atoms with van der Waals surface area (Å²) in [7, 11) is 1.61. The zero-order valence-electron chi connectivity index (χ0n) is 18.2. The second kappa shape index (κ2) is 8.27. The first-order valence-corrected chi connectivity index (χ1v) is 10.7. The third-order valence-electron chi connectivity index (χ3n) is 5.93. The molecule has 160 valence electrons. The van der Waals surface area contributed by atoms with Gasteiger partial charge in [-0.15, -0.1) is 0 Å². The van der Waals surface area contributed by atoms with Gasteiger partial charge in [-0.3, -0.25) is 0 Å². The summed E-state index contributed by atoms with van der Waals surface area (Å²) >= 11 is 0. The standard InChI is InChI=1S/C27H25N3O2/c1-19-9-7-11-20(17-19)26-24-14-8-16-29(24)23-13-5-3-10-21(23)18-30(26)27(31)28-22-12-4-6-15-25(22)32-2/h3-17,26H,18H2,1-2H3,(H,28,31)/t26-/m0/s1. The largest absolute Gasteiger partial charge is 0.495 e. The van der Waals surface area contributed by atoms with E-state index in [0.717, 1.165) is 28.1 Å². The predicted octanol–water partition coefficient (Wildman–Crippen LogP) is 5.93. The normalized spacial score (nSPS) is 14.8. The number of amides is 2. The molecule has 0 saturated carbocycles. The van der Waals surface area contributed by atoms with Crippen molar-refractivity contribution in [2.24, 2.45) is 0 Å². The van der Waals surface area contributed by atoms with Crippen LogP contribution in [0.5, 0.6) is 5.75 Å². The molecule has 0 spiro atoms. The third kappa shape index (κ3) is 3.52. The van der Waals surface area contributed by atoms with Crippen molar-refractivity contribution in [3.05, 3.63) is 114 Å². The van der Waals surface area contributed by atoms with E-state index >= 15 is 0 Å². The quantitative estimate of drug-likeness (QED) is 0.444. The number of aromatic nitrogens is 1. The number of rotatable bonds is 3. The number of nitrogens with one attached hydrogen (secondary N) is 1. The number of carbonyl (C=O) groups excluding carboxylic acids is 1. The monoisotopic (exact) mass is 423 g/mol.